The summed E-state index contributed by atoms with van der Waals surface area (Å²) in [7, 11) is 1.90. The van der Waals surface area contributed by atoms with E-state index >= 15 is 0 Å². The molecule has 0 aliphatic rings. The molecule has 0 atom stereocenters. The Balaban J connectivity index is 1.91. The van der Waals surface area contributed by atoms with Crippen LogP contribution in [0.5, 0.6) is 0 Å². The lowest BCUT2D eigenvalue weighted by atomic mass is 10.1. The van der Waals surface area contributed by atoms with Gasteiger partial charge >= 0.3 is 0 Å². The molecule has 0 aliphatic carbocycles. The van der Waals surface area contributed by atoms with Gasteiger partial charge < -0.3 is 10.3 Å². The van der Waals surface area contributed by atoms with Gasteiger partial charge in [-0.25, -0.2) is 4.98 Å². The number of H-pyrrole nitrogens is 1. The number of nitrogens with one attached hydrogen (secondary N) is 2. The predicted molar refractivity (Wildman–Crippen MR) is 98.1 cm³/mol. The van der Waals surface area contributed by atoms with Crippen molar-refractivity contribution < 1.29 is 0 Å². The Kier molecular flexibility index (Phi) is 3.57. The topological polar surface area (TPSA) is 75.6 Å². The fourth-order valence-electron chi connectivity index (χ4n) is 2.82. The molecule has 3 aromatic heterocycles. The van der Waals surface area contributed by atoms with E-state index in [1.54, 1.807) is 12.4 Å². The number of anilines is 1. The van der Waals surface area contributed by atoms with Gasteiger partial charge in [0.1, 0.15) is 5.82 Å². The highest BCUT2D eigenvalue weighted by Crippen LogP contribution is 2.30. The first-order valence-electron chi connectivity index (χ1n) is 7.45. The molecule has 0 amide bonds. The number of hydrogen-bond donors (Lipinski definition) is 2. The van der Waals surface area contributed by atoms with Crippen molar-refractivity contribution >= 4 is 43.4 Å². The third-order valence-corrected chi connectivity index (χ3v) is 4.53. The predicted octanol–water partition coefficient (Wildman–Crippen LogP) is 3.18. The summed E-state index contributed by atoms with van der Waals surface area (Å²) in [5.74, 6) is 0.747. The molecule has 7 heteroatoms. The third-order valence-electron chi connectivity index (χ3n) is 4.04. The molecule has 0 saturated heterocycles. The average Bonchev–Trinajstić information content (AvgIpc) is 2.97. The number of hydrogen-bond acceptors (Lipinski definition) is 4. The first kappa shape index (κ1) is 14.9. The summed E-state index contributed by atoms with van der Waals surface area (Å²) < 4.78 is 2.74. The van der Waals surface area contributed by atoms with E-state index in [2.05, 4.69) is 36.3 Å². The van der Waals surface area contributed by atoms with Crippen LogP contribution in [0.3, 0.4) is 0 Å². The van der Waals surface area contributed by atoms with Gasteiger partial charge in [0, 0.05) is 34.7 Å². The van der Waals surface area contributed by atoms with Crippen molar-refractivity contribution in [2.75, 3.05) is 5.32 Å². The van der Waals surface area contributed by atoms with E-state index in [4.69, 9.17) is 0 Å². The third kappa shape index (κ3) is 2.46. The van der Waals surface area contributed by atoms with Gasteiger partial charge in [-0.1, -0.05) is 15.9 Å². The molecular weight excluding hydrogens is 370 g/mol. The molecule has 120 valence electrons. The Morgan fingerprint density at radius 3 is 2.92 bits per heavy atom. The van der Waals surface area contributed by atoms with Crippen molar-refractivity contribution in [2.24, 2.45) is 7.05 Å². The quantitative estimate of drug-likeness (QED) is 0.532. The van der Waals surface area contributed by atoms with Gasteiger partial charge in [-0.15, -0.1) is 0 Å². The van der Waals surface area contributed by atoms with Gasteiger partial charge in [-0.3, -0.25) is 9.48 Å². The summed E-state index contributed by atoms with van der Waals surface area (Å²) in [6, 6.07) is 9.62. The van der Waals surface area contributed by atoms with Crippen LogP contribution >= 0.6 is 15.9 Å². The summed E-state index contributed by atoms with van der Waals surface area (Å²) >= 11 is 3.48. The molecule has 0 saturated carbocycles. The molecule has 3 heterocycles. The molecule has 0 aliphatic heterocycles. The molecule has 0 bridgehead atoms. The van der Waals surface area contributed by atoms with Crippen LogP contribution in [0.15, 0.2) is 52.0 Å². The largest absolute Gasteiger partial charge is 0.364 e. The summed E-state index contributed by atoms with van der Waals surface area (Å²) in [4.78, 5) is 19.6. The van der Waals surface area contributed by atoms with Crippen LogP contribution in [0.2, 0.25) is 0 Å². The highest BCUT2D eigenvalue weighted by molar-refractivity contribution is 9.10. The van der Waals surface area contributed by atoms with E-state index in [1.165, 1.54) is 0 Å². The monoisotopic (exact) mass is 383 g/mol. The van der Waals surface area contributed by atoms with Crippen molar-refractivity contribution in [1.82, 2.24) is 19.7 Å². The molecular formula is C17H14BrN5O. The van der Waals surface area contributed by atoms with E-state index in [9.17, 15) is 4.79 Å². The van der Waals surface area contributed by atoms with E-state index in [0.29, 0.717) is 17.4 Å². The summed E-state index contributed by atoms with van der Waals surface area (Å²) in [5, 5.41) is 9.90. The molecule has 0 unspecified atom stereocenters. The van der Waals surface area contributed by atoms with Crippen molar-refractivity contribution in [3.05, 3.63) is 63.2 Å². The Labute approximate surface area is 145 Å². The number of fused-ring (bicyclic) bond motifs is 3. The summed E-state index contributed by atoms with van der Waals surface area (Å²) in [6.45, 7) is 0.601. The lowest BCUT2D eigenvalue weighted by molar-refractivity contribution is 0.720. The molecule has 4 rings (SSSR count). The zero-order valence-electron chi connectivity index (χ0n) is 12.9. The molecule has 24 heavy (non-hydrogen) atoms. The van der Waals surface area contributed by atoms with E-state index < -0.39 is 0 Å². The van der Waals surface area contributed by atoms with Crippen molar-refractivity contribution in [1.29, 1.82) is 0 Å². The minimum absolute atomic E-state index is 0.138. The number of aryl methyl sites for hydroxylation is 1. The zero-order chi connectivity index (χ0) is 16.7. The van der Waals surface area contributed by atoms with E-state index in [1.807, 2.05) is 42.1 Å². The first-order valence-corrected chi connectivity index (χ1v) is 8.24. The fraction of sp³-hybridized carbons (Fsp3) is 0.118. The molecule has 1 aromatic carbocycles. The zero-order valence-corrected chi connectivity index (χ0v) is 14.5. The van der Waals surface area contributed by atoms with Gasteiger partial charge in [-0.05, 0) is 30.3 Å². The summed E-state index contributed by atoms with van der Waals surface area (Å²) in [6.07, 6.45) is 3.38. The van der Waals surface area contributed by atoms with Crippen molar-refractivity contribution in [2.45, 2.75) is 6.54 Å². The molecule has 4 aromatic rings. The smallest absolute Gasteiger partial charge is 0.258 e. The van der Waals surface area contributed by atoms with Crippen LogP contribution < -0.4 is 10.9 Å². The second-order valence-corrected chi connectivity index (χ2v) is 6.43. The minimum Gasteiger partial charge on any atom is -0.364 e. The number of rotatable bonds is 3. The average molecular weight is 384 g/mol. The maximum atomic E-state index is 12.3. The molecule has 0 radical (unpaired) electrons. The Morgan fingerprint density at radius 2 is 2.12 bits per heavy atom. The maximum absolute atomic E-state index is 12.3. The summed E-state index contributed by atoms with van der Waals surface area (Å²) in [5.41, 5.74) is 1.58. The van der Waals surface area contributed by atoms with Gasteiger partial charge in [0.05, 0.1) is 23.1 Å². The molecule has 6 nitrogen and oxygen atoms in total. The number of aromatic amines is 1. The van der Waals surface area contributed by atoms with Crippen LogP contribution in [0.1, 0.15) is 5.69 Å². The maximum Gasteiger partial charge on any atom is 0.258 e. The second kappa shape index (κ2) is 5.76. The van der Waals surface area contributed by atoms with Crippen LogP contribution in [0, 0.1) is 0 Å². The lowest BCUT2D eigenvalue weighted by Crippen LogP contribution is -2.10. The van der Waals surface area contributed by atoms with Crippen LogP contribution in [0.25, 0.3) is 21.7 Å². The number of aromatic nitrogens is 4. The lowest BCUT2D eigenvalue weighted by Gasteiger charge is -2.11. The molecule has 2 N–H and O–H groups in total. The van der Waals surface area contributed by atoms with Gasteiger partial charge in [0.15, 0.2) is 0 Å². The van der Waals surface area contributed by atoms with Gasteiger partial charge in [0.2, 0.25) is 0 Å². The minimum atomic E-state index is -0.138. The fourth-order valence-corrected chi connectivity index (χ4v) is 3.18. The van der Waals surface area contributed by atoms with E-state index in [0.717, 1.165) is 26.8 Å². The standard InChI is InChI=1S/C17H14BrN5O/c1-23-11(4-7-21-23)9-20-16-12-3-2-10(18)8-13(12)15-14(22-16)5-6-19-17(15)24/h2-8H,9H2,1H3,(H,19,24)(H,20,22). The highest BCUT2D eigenvalue weighted by Gasteiger charge is 2.11. The number of pyridine rings is 2. The molecule has 0 fully saturated rings. The Bertz CT molecular complexity index is 1120. The van der Waals surface area contributed by atoms with Gasteiger partial charge in [0.25, 0.3) is 5.56 Å². The second-order valence-electron chi connectivity index (χ2n) is 5.52. The van der Waals surface area contributed by atoms with Crippen LogP contribution in [-0.2, 0) is 13.6 Å². The SMILES string of the molecule is Cn1nccc1CNc1nc2cc[nH]c(=O)c2c2cc(Br)ccc12. The molecule has 0 spiro atoms. The Morgan fingerprint density at radius 1 is 1.25 bits per heavy atom. The normalized spacial score (nSPS) is 11.2. The van der Waals surface area contributed by atoms with Crippen LogP contribution in [-0.4, -0.2) is 19.7 Å². The van der Waals surface area contributed by atoms with Crippen molar-refractivity contribution in [3.8, 4) is 0 Å². The number of benzene rings is 1. The Hall–Kier alpha value is -2.67. The van der Waals surface area contributed by atoms with Gasteiger partial charge in [-0.2, -0.15) is 5.10 Å². The highest BCUT2D eigenvalue weighted by atomic mass is 79.9. The van der Waals surface area contributed by atoms with Crippen LogP contribution in [0.4, 0.5) is 5.82 Å². The van der Waals surface area contributed by atoms with Crippen molar-refractivity contribution in [3.63, 3.8) is 0 Å². The number of halogens is 1. The first-order chi connectivity index (χ1) is 11.6. The number of nitrogens with zero attached hydrogens (tertiary/aromatic N) is 3. The van der Waals surface area contributed by atoms with E-state index in [-0.39, 0.29) is 5.56 Å².